The minimum absolute atomic E-state index is 0.0888. The highest BCUT2D eigenvalue weighted by Gasteiger charge is 2.15. The van der Waals surface area contributed by atoms with Crippen molar-refractivity contribution < 1.29 is 9.53 Å². The van der Waals surface area contributed by atoms with Crippen LogP contribution in [-0.4, -0.2) is 19.2 Å². The maximum atomic E-state index is 11.9. The highest BCUT2D eigenvalue weighted by molar-refractivity contribution is 9.10. The second kappa shape index (κ2) is 9.67. The fourth-order valence-corrected chi connectivity index (χ4v) is 3.36. The lowest BCUT2D eigenvalue weighted by molar-refractivity contribution is 0.250. The van der Waals surface area contributed by atoms with Crippen LogP contribution in [0.5, 0.6) is 5.75 Å². The summed E-state index contributed by atoms with van der Waals surface area (Å²) >= 11 is 15.4. The van der Waals surface area contributed by atoms with Gasteiger partial charge in [0.15, 0.2) is 0 Å². The molecular formula is C20H23BrCl2N2O2. The van der Waals surface area contributed by atoms with Gasteiger partial charge in [0.1, 0.15) is 5.75 Å². The molecule has 2 N–H and O–H groups in total. The van der Waals surface area contributed by atoms with Gasteiger partial charge in [0.05, 0.1) is 11.1 Å². The van der Waals surface area contributed by atoms with E-state index < -0.39 is 0 Å². The molecule has 0 bridgehead atoms. The summed E-state index contributed by atoms with van der Waals surface area (Å²) in [7, 11) is 0. The Morgan fingerprint density at radius 2 is 1.78 bits per heavy atom. The van der Waals surface area contributed by atoms with Crippen LogP contribution in [0, 0.1) is 0 Å². The van der Waals surface area contributed by atoms with E-state index in [0.29, 0.717) is 35.3 Å². The summed E-state index contributed by atoms with van der Waals surface area (Å²) in [5, 5.41) is 6.40. The number of benzene rings is 2. The molecule has 0 spiro atoms. The number of hydrogen-bond acceptors (Lipinski definition) is 2. The van der Waals surface area contributed by atoms with Crippen molar-refractivity contribution in [1.82, 2.24) is 5.32 Å². The maximum Gasteiger partial charge on any atom is 0.319 e. The number of halogens is 3. The van der Waals surface area contributed by atoms with E-state index in [-0.39, 0.29) is 11.4 Å². The van der Waals surface area contributed by atoms with Gasteiger partial charge in [0.25, 0.3) is 0 Å². The number of urea groups is 1. The fourth-order valence-electron chi connectivity index (χ4n) is 2.34. The molecule has 0 aliphatic rings. The summed E-state index contributed by atoms with van der Waals surface area (Å²) in [5.41, 5.74) is 1.87. The van der Waals surface area contributed by atoms with Crippen molar-refractivity contribution in [2.75, 3.05) is 18.5 Å². The quantitative estimate of drug-likeness (QED) is 0.461. The van der Waals surface area contributed by atoms with Crippen LogP contribution in [0.15, 0.2) is 40.9 Å². The van der Waals surface area contributed by atoms with Crippen LogP contribution in [0.4, 0.5) is 10.5 Å². The van der Waals surface area contributed by atoms with Gasteiger partial charge in [-0.25, -0.2) is 4.79 Å². The normalized spacial score (nSPS) is 11.2. The van der Waals surface area contributed by atoms with Crippen molar-refractivity contribution in [1.29, 1.82) is 0 Å². The number of carbonyl (C=O) groups excluding carboxylic acids is 1. The first-order chi connectivity index (χ1) is 12.6. The Hall–Kier alpha value is -1.43. The third-order valence-corrected chi connectivity index (χ3v) is 4.84. The lowest BCUT2D eigenvalue weighted by Crippen LogP contribution is -2.30. The Bertz CT molecular complexity index is 787. The molecule has 0 radical (unpaired) electrons. The Morgan fingerprint density at radius 3 is 2.37 bits per heavy atom. The minimum Gasteiger partial charge on any atom is -0.492 e. The highest BCUT2D eigenvalue weighted by atomic mass is 79.9. The lowest BCUT2D eigenvalue weighted by Gasteiger charge is -2.20. The molecule has 2 rings (SSSR count). The topological polar surface area (TPSA) is 50.4 Å². The molecule has 0 unspecified atom stereocenters. The number of rotatable bonds is 6. The summed E-state index contributed by atoms with van der Waals surface area (Å²) in [6.45, 7) is 7.49. The zero-order valence-corrected chi connectivity index (χ0v) is 18.6. The summed E-state index contributed by atoms with van der Waals surface area (Å²) < 4.78 is 6.71. The third kappa shape index (κ3) is 7.24. The maximum absolute atomic E-state index is 11.9. The van der Waals surface area contributed by atoms with Crippen LogP contribution >= 0.6 is 39.1 Å². The molecule has 2 aromatic carbocycles. The average molecular weight is 474 g/mol. The van der Waals surface area contributed by atoms with Crippen molar-refractivity contribution in [2.45, 2.75) is 32.6 Å². The van der Waals surface area contributed by atoms with E-state index in [2.05, 4.69) is 59.5 Å². The second-order valence-corrected chi connectivity index (χ2v) is 8.86. The Kier molecular flexibility index (Phi) is 7.83. The first-order valence-electron chi connectivity index (χ1n) is 8.59. The van der Waals surface area contributed by atoms with Crippen LogP contribution in [-0.2, 0) is 5.41 Å². The molecule has 7 heteroatoms. The molecule has 0 aliphatic heterocycles. The van der Waals surface area contributed by atoms with Gasteiger partial charge < -0.3 is 15.4 Å². The highest BCUT2D eigenvalue weighted by Crippen LogP contribution is 2.31. The average Bonchev–Trinajstić information content (AvgIpc) is 2.53. The summed E-state index contributed by atoms with van der Waals surface area (Å²) in [6, 6.07) is 10.7. The van der Waals surface area contributed by atoms with Gasteiger partial charge in [0.2, 0.25) is 0 Å². The van der Waals surface area contributed by atoms with Gasteiger partial charge in [-0.3, -0.25) is 0 Å². The molecule has 2 amide bonds. The smallest absolute Gasteiger partial charge is 0.319 e. The zero-order valence-electron chi connectivity index (χ0n) is 15.5. The molecule has 0 saturated heterocycles. The molecule has 146 valence electrons. The van der Waals surface area contributed by atoms with Crippen molar-refractivity contribution in [3.63, 3.8) is 0 Å². The standard InChI is InChI=1S/C20H23BrCl2N2O2/c1-20(2,3)13-5-6-18(17(21)9-13)27-8-4-7-24-19(26)25-16-11-14(22)10-15(23)12-16/h5-6,9-12H,4,7-8H2,1-3H3,(H2,24,25,26). The van der Waals surface area contributed by atoms with E-state index in [9.17, 15) is 4.79 Å². The third-order valence-electron chi connectivity index (χ3n) is 3.78. The Morgan fingerprint density at radius 1 is 1.11 bits per heavy atom. The van der Waals surface area contributed by atoms with E-state index in [1.165, 1.54) is 5.56 Å². The zero-order chi connectivity index (χ0) is 20.0. The lowest BCUT2D eigenvalue weighted by atomic mass is 9.87. The van der Waals surface area contributed by atoms with Crippen molar-refractivity contribution in [3.05, 3.63) is 56.5 Å². The molecule has 0 atom stereocenters. The Balaban J connectivity index is 1.73. The monoisotopic (exact) mass is 472 g/mol. The molecule has 0 heterocycles. The van der Waals surface area contributed by atoms with Gasteiger partial charge in [-0.15, -0.1) is 0 Å². The van der Waals surface area contributed by atoms with Crippen LogP contribution in [0.25, 0.3) is 0 Å². The summed E-state index contributed by atoms with van der Waals surface area (Å²) in [6.07, 6.45) is 0.678. The van der Waals surface area contributed by atoms with E-state index in [1.807, 2.05) is 6.07 Å². The van der Waals surface area contributed by atoms with Gasteiger partial charge in [-0.1, -0.05) is 50.0 Å². The molecule has 27 heavy (non-hydrogen) atoms. The summed E-state index contributed by atoms with van der Waals surface area (Å²) in [5.74, 6) is 0.793. The predicted molar refractivity (Wildman–Crippen MR) is 116 cm³/mol. The van der Waals surface area contributed by atoms with Gasteiger partial charge in [-0.05, 0) is 63.7 Å². The van der Waals surface area contributed by atoms with Crippen molar-refractivity contribution in [2.24, 2.45) is 0 Å². The molecule has 2 aromatic rings. The molecule has 0 saturated carbocycles. The van der Waals surface area contributed by atoms with E-state index >= 15 is 0 Å². The van der Waals surface area contributed by atoms with E-state index in [1.54, 1.807) is 18.2 Å². The summed E-state index contributed by atoms with van der Waals surface area (Å²) in [4.78, 5) is 11.9. The van der Waals surface area contributed by atoms with E-state index in [4.69, 9.17) is 27.9 Å². The number of amides is 2. The largest absolute Gasteiger partial charge is 0.492 e. The van der Waals surface area contributed by atoms with E-state index in [0.717, 1.165) is 10.2 Å². The second-order valence-electron chi connectivity index (χ2n) is 7.14. The van der Waals surface area contributed by atoms with Gasteiger partial charge >= 0.3 is 6.03 Å². The van der Waals surface area contributed by atoms with Crippen molar-refractivity contribution in [3.8, 4) is 5.75 Å². The first kappa shape index (κ1) is 21.9. The number of ether oxygens (including phenoxy) is 1. The molecule has 0 aromatic heterocycles. The Labute approximate surface area is 178 Å². The number of carbonyl (C=O) groups is 1. The molecule has 0 aliphatic carbocycles. The molecular weight excluding hydrogens is 451 g/mol. The molecule has 0 fully saturated rings. The van der Waals surface area contributed by atoms with Crippen LogP contribution in [0.3, 0.4) is 0 Å². The van der Waals surface area contributed by atoms with Crippen LogP contribution < -0.4 is 15.4 Å². The number of hydrogen-bond donors (Lipinski definition) is 2. The minimum atomic E-state index is -0.316. The molecule has 4 nitrogen and oxygen atoms in total. The number of anilines is 1. The van der Waals surface area contributed by atoms with Gasteiger partial charge in [0, 0.05) is 22.3 Å². The predicted octanol–water partition coefficient (Wildman–Crippen LogP) is 6.64. The SMILES string of the molecule is CC(C)(C)c1ccc(OCCCNC(=O)Nc2cc(Cl)cc(Cl)c2)c(Br)c1. The van der Waals surface area contributed by atoms with Crippen LogP contribution in [0.1, 0.15) is 32.8 Å². The van der Waals surface area contributed by atoms with Crippen LogP contribution in [0.2, 0.25) is 10.0 Å². The number of nitrogens with one attached hydrogen (secondary N) is 2. The fraction of sp³-hybridized carbons (Fsp3) is 0.350. The van der Waals surface area contributed by atoms with Gasteiger partial charge in [-0.2, -0.15) is 0 Å². The van der Waals surface area contributed by atoms with Crippen molar-refractivity contribution >= 4 is 50.9 Å². The first-order valence-corrected chi connectivity index (χ1v) is 10.1.